The predicted octanol–water partition coefficient (Wildman–Crippen LogP) is 3.86. The molecule has 2 rings (SSSR count). The number of nitrogens with one attached hydrogen (secondary N) is 1. The van der Waals surface area contributed by atoms with Gasteiger partial charge in [0.15, 0.2) is 0 Å². The summed E-state index contributed by atoms with van der Waals surface area (Å²) < 4.78 is 0. The molecule has 4 heteroatoms. The van der Waals surface area contributed by atoms with Gasteiger partial charge >= 0.3 is 0 Å². The first-order valence-corrected chi connectivity index (χ1v) is 7.56. The lowest BCUT2D eigenvalue weighted by molar-refractivity contribution is 0.102. The van der Waals surface area contributed by atoms with E-state index in [1.54, 1.807) is 17.8 Å². The Kier molecular flexibility index (Phi) is 4.35. The molecule has 0 unspecified atom stereocenters. The Balaban J connectivity index is 2.26. The molecule has 0 aromatic heterocycles. The van der Waals surface area contributed by atoms with Crippen LogP contribution < -0.4 is 11.1 Å². The molecule has 0 saturated carbocycles. The average molecular weight is 286 g/mol. The van der Waals surface area contributed by atoms with Crippen LogP contribution in [0.2, 0.25) is 0 Å². The van der Waals surface area contributed by atoms with Crippen molar-refractivity contribution >= 4 is 29.0 Å². The van der Waals surface area contributed by atoms with Gasteiger partial charge in [0.05, 0.1) is 0 Å². The van der Waals surface area contributed by atoms with Crippen LogP contribution in [0, 0.1) is 13.8 Å². The number of rotatable bonds is 3. The third kappa shape index (κ3) is 3.14. The first-order valence-electron chi connectivity index (χ1n) is 6.33. The van der Waals surface area contributed by atoms with Crippen LogP contribution in [-0.4, -0.2) is 12.2 Å². The van der Waals surface area contributed by atoms with Crippen molar-refractivity contribution in [1.29, 1.82) is 0 Å². The van der Waals surface area contributed by atoms with Crippen LogP contribution in [0.4, 0.5) is 11.4 Å². The molecule has 0 atom stereocenters. The van der Waals surface area contributed by atoms with E-state index in [9.17, 15) is 4.79 Å². The second-order valence-corrected chi connectivity index (χ2v) is 5.59. The molecule has 2 aromatic rings. The van der Waals surface area contributed by atoms with Crippen LogP contribution in [0.25, 0.3) is 0 Å². The van der Waals surface area contributed by atoms with Gasteiger partial charge in [0.2, 0.25) is 0 Å². The van der Waals surface area contributed by atoms with Crippen LogP contribution in [0.1, 0.15) is 21.5 Å². The Bertz CT molecular complexity index is 653. The largest absolute Gasteiger partial charge is 0.398 e. The number of thioether (sulfide) groups is 1. The van der Waals surface area contributed by atoms with Crippen LogP contribution in [-0.2, 0) is 0 Å². The van der Waals surface area contributed by atoms with E-state index in [2.05, 4.69) is 5.32 Å². The van der Waals surface area contributed by atoms with Crippen molar-refractivity contribution in [3.8, 4) is 0 Å². The zero-order chi connectivity index (χ0) is 14.7. The molecule has 0 bridgehead atoms. The van der Waals surface area contributed by atoms with E-state index in [-0.39, 0.29) is 5.91 Å². The maximum Gasteiger partial charge on any atom is 0.256 e. The maximum absolute atomic E-state index is 12.3. The monoisotopic (exact) mass is 286 g/mol. The third-order valence-corrected chi connectivity index (χ3v) is 3.91. The molecule has 0 aliphatic rings. The summed E-state index contributed by atoms with van der Waals surface area (Å²) in [5.41, 5.74) is 9.84. The molecule has 2 aromatic carbocycles. The number of anilines is 2. The van der Waals surface area contributed by atoms with E-state index in [0.29, 0.717) is 11.3 Å². The molecule has 20 heavy (non-hydrogen) atoms. The van der Waals surface area contributed by atoms with E-state index in [0.717, 1.165) is 21.7 Å². The summed E-state index contributed by atoms with van der Waals surface area (Å²) in [7, 11) is 0. The van der Waals surface area contributed by atoms with Gasteiger partial charge in [-0.25, -0.2) is 0 Å². The number of aryl methyl sites for hydroxylation is 2. The third-order valence-electron chi connectivity index (χ3n) is 3.19. The normalized spacial score (nSPS) is 10.3. The quantitative estimate of drug-likeness (QED) is 0.665. The molecule has 0 radical (unpaired) electrons. The van der Waals surface area contributed by atoms with Gasteiger partial charge in [0.1, 0.15) is 0 Å². The Hall–Kier alpha value is -1.94. The zero-order valence-electron chi connectivity index (χ0n) is 11.9. The molecule has 0 aliphatic carbocycles. The highest BCUT2D eigenvalue weighted by Gasteiger charge is 2.11. The SMILES string of the molecule is CSc1cccc(NC(=O)c2cc(N)c(C)cc2C)c1. The van der Waals surface area contributed by atoms with Crippen molar-refractivity contribution < 1.29 is 4.79 Å². The number of amides is 1. The van der Waals surface area contributed by atoms with E-state index in [1.807, 2.05) is 50.4 Å². The highest BCUT2D eigenvalue weighted by molar-refractivity contribution is 7.98. The smallest absolute Gasteiger partial charge is 0.256 e. The molecule has 0 saturated heterocycles. The van der Waals surface area contributed by atoms with Gasteiger partial charge in [-0.1, -0.05) is 12.1 Å². The summed E-state index contributed by atoms with van der Waals surface area (Å²) in [6.07, 6.45) is 2.01. The molecule has 3 N–H and O–H groups in total. The Labute approximate surface area is 123 Å². The van der Waals surface area contributed by atoms with Gasteiger partial charge in [0.25, 0.3) is 5.91 Å². The molecule has 0 aliphatic heterocycles. The van der Waals surface area contributed by atoms with Crippen molar-refractivity contribution in [3.05, 3.63) is 53.1 Å². The maximum atomic E-state index is 12.3. The van der Waals surface area contributed by atoms with Crippen molar-refractivity contribution in [1.82, 2.24) is 0 Å². The highest BCUT2D eigenvalue weighted by Crippen LogP contribution is 2.22. The number of hydrogen-bond acceptors (Lipinski definition) is 3. The van der Waals surface area contributed by atoms with Crippen molar-refractivity contribution in [3.63, 3.8) is 0 Å². The number of benzene rings is 2. The van der Waals surface area contributed by atoms with Crippen molar-refractivity contribution in [2.75, 3.05) is 17.3 Å². The van der Waals surface area contributed by atoms with Crippen LogP contribution in [0.5, 0.6) is 0 Å². The van der Waals surface area contributed by atoms with E-state index >= 15 is 0 Å². The molecular weight excluding hydrogens is 268 g/mol. The van der Waals surface area contributed by atoms with Gasteiger partial charge < -0.3 is 11.1 Å². The number of carbonyl (C=O) groups is 1. The van der Waals surface area contributed by atoms with Gasteiger partial charge in [-0.05, 0) is 55.5 Å². The minimum absolute atomic E-state index is 0.132. The number of nitrogen functional groups attached to an aromatic ring is 1. The standard InChI is InChI=1S/C16H18N2OS/c1-10-7-11(2)15(17)9-14(10)16(19)18-12-5-4-6-13(8-12)20-3/h4-9H,17H2,1-3H3,(H,18,19). The number of nitrogens with two attached hydrogens (primary N) is 1. The number of hydrogen-bond donors (Lipinski definition) is 2. The molecule has 104 valence electrons. The van der Waals surface area contributed by atoms with E-state index in [4.69, 9.17) is 5.73 Å². The van der Waals surface area contributed by atoms with Gasteiger partial charge in [0, 0.05) is 21.8 Å². The fourth-order valence-corrected chi connectivity index (χ4v) is 2.47. The number of carbonyl (C=O) groups excluding carboxylic acids is 1. The Morgan fingerprint density at radius 3 is 2.60 bits per heavy atom. The van der Waals surface area contributed by atoms with Crippen LogP contribution in [0.15, 0.2) is 41.3 Å². The summed E-state index contributed by atoms with van der Waals surface area (Å²) in [6, 6.07) is 11.4. The van der Waals surface area contributed by atoms with Gasteiger partial charge in [-0.3, -0.25) is 4.79 Å². The Morgan fingerprint density at radius 2 is 1.90 bits per heavy atom. The molecule has 0 heterocycles. The van der Waals surface area contributed by atoms with E-state index in [1.165, 1.54) is 0 Å². The zero-order valence-corrected chi connectivity index (χ0v) is 12.7. The molecule has 0 spiro atoms. The summed E-state index contributed by atoms with van der Waals surface area (Å²) in [6.45, 7) is 3.85. The summed E-state index contributed by atoms with van der Waals surface area (Å²) in [5, 5.41) is 2.91. The van der Waals surface area contributed by atoms with Gasteiger partial charge in [-0.15, -0.1) is 11.8 Å². The average Bonchev–Trinajstić information content (AvgIpc) is 2.43. The summed E-state index contributed by atoms with van der Waals surface area (Å²) >= 11 is 1.64. The first kappa shape index (κ1) is 14.5. The van der Waals surface area contributed by atoms with Crippen LogP contribution >= 0.6 is 11.8 Å². The lowest BCUT2D eigenvalue weighted by Crippen LogP contribution is -2.14. The van der Waals surface area contributed by atoms with E-state index < -0.39 is 0 Å². The van der Waals surface area contributed by atoms with Crippen molar-refractivity contribution in [2.45, 2.75) is 18.7 Å². The highest BCUT2D eigenvalue weighted by atomic mass is 32.2. The minimum Gasteiger partial charge on any atom is -0.398 e. The summed E-state index contributed by atoms with van der Waals surface area (Å²) in [4.78, 5) is 13.4. The second-order valence-electron chi connectivity index (χ2n) is 4.71. The molecule has 3 nitrogen and oxygen atoms in total. The Morgan fingerprint density at radius 1 is 1.15 bits per heavy atom. The van der Waals surface area contributed by atoms with Crippen molar-refractivity contribution in [2.24, 2.45) is 0 Å². The first-order chi connectivity index (χ1) is 9.51. The minimum atomic E-state index is -0.132. The topological polar surface area (TPSA) is 55.1 Å². The summed E-state index contributed by atoms with van der Waals surface area (Å²) in [5.74, 6) is -0.132. The lowest BCUT2D eigenvalue weighted by Gasteiger charge is -2.11. The van der Waals surface area contributed by atoms with Gasteiger partial charge in [-0.2, -0.15) is 0 Å². The lowest BCUT2D eigenvalue weighted by atomic mass is 10.0. The fraction of sp³-hybridized carbons (Fsp3) is 0.188. The molecule has 1 amide bonds. The second kappa shape index (κ2) is 6.01. The molecule has 0 fully saturated rings. The molecular formula is C16H18N2OS. The van der Waals surface area contributed by atoms with Crippen LogP contribution in [0.3, 0.4) is 0 Å². The fourth-order valence-electron chi connectivity index (χ4n) is 2.01. The predicted molar refractivity (Wildman–Crippen MR) is 86.5 cm³/mol.